The number of carbonyl (C=O) groups excluding carboxylic acids is 2. The van der Waals surface area contributed by atoms with Gasteiger partial charge >= 0.3 is 0 Å². The average molecular weight is 478 g/mol. The molecule has 3 aromatic rings. The van der Waals surface area contributed by atoms with Crippen LogP contribution < -0.4 is 10.2 Å². The van der Waals surface area contributed by atoms with Gasteiger partial charge in [-0.3, -0.25) is 14.5 Å². The smallest absolute Gasteiger partial charge is 0.256 e. The van der Waals surface area contributed by atoms with Crippen molar-refractivity contribution in [3.8, 4) is 0 Å². The van der Waals surface area contributed by atoms with Crippen molar-refractivity contribution in [2.75, 3.05) is 10.2 Å². The number of halogens is 1. The lowest BCUT2D eigenvalue weighted by molar-refractivity contribution is -0.124. The molecule has 1 aliphatic rings. The van der Waals surface area contributed by atoms with Gasteiger partial charge in [-0.2, -0.15) is 0 Å². The molecule has 168 valence electrons. The molecule has 0 bridgehead atoms. The fourth-order valence-corrected chi connectivity index (χ4v) is 4.55. The standard InChI is InChI=1S/C26H24ClN3O2S/c1-17-12-13-22(18(2)14-17)28-24(31)15-23-25(32)30(20-9-4-3-5-10-20)26(33)29(23)16-19-8-6-7-11-21(19)27/h3-14,23H,15-16H2,1-2H3,(H,28,31)/t23-/m1/s1. The quantitative estimate of drug-likeness (QED) is 0.477. The summed E-state index contributed by atoms with van der Waals surface area (Å²) in [5.41, 5.74) is 4.33. The van der Waals surface area contributed by atoms with Crippen molar-refractivity contribution in [1.82, 2.24) is 4.90 Å². The van der Waals surface area contributed by atoms with E-state index in [0.29, 0.717) is 22.4 Å². The number of aryl methyl sites for hydroxylation is 2. The Morgan fingerprint density at radius 3 is 2.42 bits per heavy atom. The second-order valence-corrected chi connectivity index (χ2v) is 8.87. The number of carbonyl (C=O) groups is 2. The molecule has 1 atom stereocenters. The summed E-state index contributed by atoms with van der Waals surface area (Å²) in [6.07, 6.45) is -0.0277. The lowest BCUT2D eigenvalue weighted by Crippen LogP contribution is -2.37. The summed E-state index contributed by atoms with van der Waals surface area (Å²) in [7, 11) is 0. The molecule has 0 aromatic heterocycles. The maximum Gasteiger partial charge on any atom is 0.256 e. The molecule has 0 radical (unpaired) electrons. The van der Waals surface area contributed by atoms with Gasteiger partial charge in [-0.1, -0.05) is 65.7 Å². The Bertz CT molecular complexity index is 1220. The van der Waals surface area contributed by atoms with Gasteiger partial charge in [0.05, 0.1) is 12.1 Å². The van der Waals surface area contributed by atoms with E-state index in [1.807, 2.05) is 80.6 Å². The zero-order chi connectivity index (χ0) is 23.5. The third-order valence-electron chi connectivity index (χ3n) is 5.67. The van der Waals surface area contributed by atoms with Gasteiger partial charge in [0.2, 0.25) is 5.91 Å². The molecular formula is C26H24ClN3O2S. The number of benzene rings is 3. The van der Waals surface area contributed by atoms with Gasteiger partial charge < -0.3 is 10.2 Å². The first kappa shape index (κ1) is 23.0. The highest BCUT2D eigenvalue weighted by Gasteiger charge is 2.44. The number of rotatable bonds is 6. The molecule has 1 N–H and O–H groups in total. The molecular weight excluding hydrogens is 454 g/mol. The number of hydrogen-bond acceptors (Lipinski definition) is 3. The van der Waals surface area contributed by atoms with Crippen LogP contribution in [0.4, 0.5) is 11.4 Å². The molecule has 1 fully saturated rings. The van der Waals surface area contributed by atoms with E-state index in [-0.39, 0.29) is 18.2 Å². The minimum Gasteiger partial charge on any atom is -0.332 e. The number of hydrogen-bond donors (Lipinski definition) is 1. The fourth-order valence-electron chi connectivity index (χ4n) is 3.97. The molecule has 1 heterocycles. The van der Waals surface area contributed by atoms with Crippen LogP contribution in [0.15, 0.2) is 72.8 Å². The van der Waals surface area contributed by atoms with Gasteiger partial charge in [0.1, 0.15) is 6.04 Å². The van der Waals surface area contributed by atoms with E-state index in [4.69, 9.17) is 23.8 Å². The summed E-state index contributed by atoms with van der Waals surface area (Å²) in [6, 6.07) is 21.8. The maximum atomic E-state index is 13.5. The normalized spacial score (nSPS) is 15.8. The minimum absolute atomic E-state index is 0.0277. The summed E-state index contributed by atoms with van der Waals surface area (Å²) in [4.78, 5) is 29.8. The van der Waals surface area contributed by atoms with Gasteiger partial charge in [-0.25, -0.2) is 0 Å². The minimum atomic E-state index is -0.736. The molecule has 1 saturated heterocycles. The van der Waals surface area contributed by atoms with Crippen LogP contribution in [-0.4, -0.2) is 27.9 Å². The second-order valence-electron chi connectivity index (χ2n) is 8.10. The van der Waals surface area contributed by atoms with Gasteiger partial charge in [-0.15, -0.1) is 0 Å². The van der Waals surface area contributed by atoms with Crippen LogP contribution in [0.2, 0.25) is 5.02 Å². The molecule has 5 nitrogen and oxygen atoms in total. The molecule has 0 unspecified atom stereocenters. The topological polar surface area (TPSA) is 52.7 Å². The van der Waals surface area contributed by atoms with Crippen molar-refractivity contribution in [2.45, 2.75) is 32.9 Å². The number of nitrogens with one attached hydrogen (secondary N) is 1. The Labute approximate surface area is 204 Å². The van der Waals surface area contributed by atoms with E-state index in [9.17, 15) is 9.59 Å². The highest BCUT2D eigenvalue weighted by molar-refractivity contribution is 7.80. The Morgan fingerprint density at radius 1 is 1.03 bits per heavy atom. The molecule has 4 rings (SSSR count). The fraction of sp³-hybridized carbons (Fsp3) is 0.192. The predicted molar refractivity (Wildman–Crippen MR) is 136 cm³/mol. The van der Waals surface area contributed by atoms with Crippen molar-refractivity contribution in [1.29, 1.82) is 0 Å². The Balaban J connectivity index is 1.61. The van der Waals surface area contributed by atoms with Gasteiger partial charge in [0.15, 0.2) is 5.11 Å². The van der Waals surface area contributed by atoms with Crippen molar-refractivity contribution < 1.29 is 9.59 Å². The SMILES string of the molecule is Cc1ccc(NC(=O)C[C@@H]2C(=O)N(c3ccccc3)C(=S)N2Cc2ccccc2Cl)c(C)c1. The summed E-state index contributed by atoms with van der Waals surface area (Å²) >= 11 is 12.1. The highest BCUT2D eigenvalue weighted by Crippen LogP contribution is 2.30. The number of amides is 2. The molecule has 0 saturated carbocycles. The van der Waals surface area contributed by atoms with Crippen LogP contribution >= 0.6 is 23.8 Å². The zero-order valence-corrected chi connectivity index (χ0v) is 20.0. The van der Waals surface area contributed by atoms with Crippen LogP contribution in [0.3, 0.4) is 0 Å². The number of thiocarbonyl (C=S) groups is 1. The first-order chi connectivity index (χ1) is 15.8. The van der Waals surface area contributed by atoms with Gasteiger partial charge in [0.25, 0.3) is 5.91 Å². The molecule has 3 aromatic carbocycles. The average Bonchev–Trinajstić information content (AvgIpc) is 3.01. The third kappa shape index (κ3) is 4.92. The van der Waals surface area contributed by atoms with E-state index in [1.54, 1.807) is 11.0 Å². The first-order valence-corrected chi connectivity index (χ1v) is 11.4. The van der Waals surface area contributed by atoms with Crippen LogP contribution in [-0.2, 0) is 16.1 Å². The van der Waals surface area contributed by atoms with Gasteiger partial charge in [0, 0.05) is 17.3 Å². The summed E-state index contributed by atoms with van der Waals surface area (Å²) in [5.74, 6) is -0.476. The lowest BCUT2D eigenvalue weighted by atomic mass is 10.1. The van der Waals surface area contributed by atoms with Crippen LogP contribution in [0, 0.1) is 13.8 Å². The third-order valence-corrected chi connectivity index (χ3v) is 6.45. The van der Waals surface area contributed by atoms with E-state index in [2.05, 4.69) is 5.32 Å². The number of para-hydroxylation sites is 1. The van der Waals surface area contributed by atoms with Crippen molar-refractivity contribution in [3.63, 3.8) is 0 Å². The lowest BCUT2D eigenvalue weighted by Gasteiger charge is -2.24. The largest absolute Gasteiger partial charge is 0.332 e. The highest BCUT2D eigenvalue weighted by atomic mass is 35.5. The Kier molecular flexibility index (Phi) is 6.77. The first-order valence-electron chi connectivity index (χ1n) is 10.7. The number of anilines is 2. The molecule has 0 aliphatic carbocycles. The summed E-state index contributed by atoms with van der Waals surface area (Å²) in [6.45, 7) is 4.27. The summed E-state index contributed by atoms with van der Waals surface area (Å²) < 4.78 is 0. The van der Waals surface area contributed by atoms with Crippen molar-refractivity contribution in [3.05, 3.63) is 94.5 Å². The summed E-state index contributed by atoms with van der Waals surface area (Å²) in [5, 5.41) is 3.89. The van der Waals surface area contributed by atoms with E-state index in [1.165, 1.54) is 4.90 Å². The zero-order valence-electron chi connectivity index (χ0n) is 18.4. The van der Waals surface area contributed by atoms with Crippen LogP contribution in [0.1, 0.15) is 23.1 Å². The van der Waals surface area contributed by atoms with E-state index in [0.717, 1.165) is 22.4 Å². The molecule has 0 spiro atoms. The Hall–Kier alpha value is -3.22. The molecule has 7 heteroatoms. The molecule has 33 heavy (non-hydrogen) atoms. The predicted octanol–water partition coefficient (Wildman–Crippen LogP) is 5.49. The van der Waals surface area contributed by atoms with E-state index >= 15 is 0 Å². The van der Waals surface area contributed by atoms with Crippen molar-refractivity contribution >= 4 is 52.1 Å². The van der Waals surface area contributed by atoms with Crippen LogP contribution in [0.5, 0.6) is 0 Å². The van der Waals surface area contributed by atoms with E-state index < -0.39 is 6.04 Å². The van der Waals surface area contributed by atoms with Crippen molar-refractivity contribution in [2.24, 2.45) is 0 Å². The second kappa shape index (κ2) is 9.73. The van der Waals surface area contributed by atoms with Gasteiger partial charge in [-0.05, 0) is 61.5 Å². The Morgan fingerprint density at radius 2 is 1.73 bits per heavy atom. The monoisotopic (exact) mass is 477 g/mol. The molecule has 2 amide bonds. The maximum absolute atomic E-state index is 13.5. The molecule has 1 aliphatic heterocycles. The van der Waals surface area contributed by atoms with Crippen LogP contribution in [0.25, 0.3) is 0 Å². The number of nitrogens with zero attached hydrogens (tertiary/aromatic N) is 2.